The number of piperidine rings is 1. The largest absolute Gasteiger partial charge is 0.366 e. The molecule has 0 amide bonds. The fourth-order valence-corrected chi connectivity index (χ4v) is 3.04. The topological polar surface area (TPSA) is 3.24 Å². The van der Waals surface area contributed by atoms with Crippen molar-refractivity contribution < 1.29 is 4.39 Å². The Bertz CT molecular complexity index is 394. The Morgan fingerprint density at radius 2 is 2.12 bits per heavy atom. The molecule has 0 bridgehead atoms. The van der Waals surface area contributed by atoms with E-state index in [2.05, 4.69) is 34.7 Å². The molecule has 2 unspecified atom stereocenters. The maximum absolute atomic E-state index is 14.1. The van der Waals surface area contributed by atoms with E-state index < -0.39 is 0 Å². The monoisotopic (exact) mass is 299 g/mol. The van der Waals surface area contributed by atoms with E-state index in [9.17, 15) is 4.39 Å². The summed E-state index contributed by atoms with van der Waals surface area (Å²) in [4.78, 5) is 2.24. The number of halogens is 2. The molecule has 1 aliphatic rings. The zero-order valence-electron chi connectivity index (χ0n) is 10.4. The first-order valence-corrected chi connectivity index (χ1v) is 7.35. The van der Waals surface area contributed by atoms with Gasteiger partial charge >= 0.3 is 0 Å². The van der Waals surface area contributed by atoms with Crippen molar-refractivity contribution in [1.29, 1.82) is 0 Å². The molecule has 1 aromatic carbocycles. The number of para-hydroxylation sites is 1. The van der Waals surface area contributed by atoms with Gasteiger partial charge in [-0.05, 0) is 37.3 Å². The van der Waals surface area contributed by atoms with Crippen molar-refractivity contribution >= 4 is 21.6 Å². The molecule has 1 saturated heterocycles. The van der Waals surface area contributed by atoms with Gasteiger partial charge in [-0.15, -0.1) is 0 Å². The summed E-state index contributed by atoms with van der Waals surface area (Å²) in [5.41, 5.74) is 1.84. The standard InChI is InChI=1S/C14H19BrFN/c1-10-6-7-11(2)17(9-10)14-12(8-15)4-3-5-13(14)16/h3-5,10-11H,6-9H2,1-2H3. The van der Waals surface area contributed by atoms with Gasteiger partial charge in [-0.25, -0.2) is 4.39 Å². The van der Waals surface area contributed by atoms with E-state index in [1.54, 1.807) is 12.1 Å². The first kappa shape index (κ1) is 12.9. The predicted molar refractivity (Wildman–Crippen MR) is 74.2 cm³/mol. The summed E-state index contributed by atoms with van der Waals surface area (Å²) in [5, 5.41) is 0.706. The summed E-state index contributed by atoms with van der Waals surface area (Å²) in [6.07, 6.45) is 2.40. The lowest BCUT2D eigenvalue weighted by atomic mass is 9.94. The zero-order valence-corrected chi connectivity index (χ0v) is 12.0. The number of hydrogen-bond acceptors (Lipinski definition) is 1. The fraction of sp³-hybridized carbons (Fsp3) is 0.571. The van der Waals surface area contributed by atoms with Gasteiger partial charge in [0.1, 0.15) is 5.82 Å². The van der Waals surface area contributed by atoms with Crippen LogP contribution in [0, 0.1) is 11.7 Å². The van der Waals surface area contributed by atoms with Gasteiger partial charge in [0.05, 0.1) is 5.69 Å². The van der Waals surface area contributed by atoms with Crippen LogP contribution in [0.1, 0.15) is 32.3 Å². The summed E-state index contributed by atoms with van der Waals surface area (Å²) < 4.78 is 14.1. The zero-order chi connectivity index (χ0) is 12.4. The number of anilines is 1. The maximum atomic E-state index is 14.1. The van der Waals surface area contributed by atoms with Crippen LogP contribution in [0.5, 0.6) is 0 Å². The molecule has 1 heterocycles. The van der Waals surface area contributed by atoms with E-state index in [4.69, 9.17) is 0 Å². The number of hydrogen-bond donors (Lipinski definition) is 0. The van der Waals surface area contributed by atoms with Crippen molar-refractivity contribution in [2.75, 3.05) is 11.4 Å². The molecule has 2 atom stereocenters. The van der Waals surface area contributed by atoms with Crippen LogP contribution in [-0.4, -0.2) is 12.6 Å². The third-order valence-corrected chi connectivity index (χ3v) is 4.22. The highest BCUT2D eigenvalue weighted by Gasteiger charge is 2.26. The number of benzene rings is 1. The first-order chi connectivity index (χ1) is 8.13. The smallest absolute Gasteiger partial charge is 0.146 e. The molecule has 1 nitrogen and oxygen atoms in total. The summed E-state index contributed by atoms with van der Waals surface area (Å²) in [6.45, 7) is 5.39. The lowest BCUT2D eigenvalue weighted by Crippen LogP contribution is -2.42. The minimum atomic E-state index is -0.0945. The van der Waals surface area contributed by atoms with Crippen LogP contribution in [0.3, 0.4) is 0 Å². The molecule has 3 heteroatoms. The number of alkyl halides is 1. The highest BCUT2D eigenvalue weighted by molar-refractivity contribution is 9.08. The summed E-state index contributed by atoms with van der Waals surface area (Å²) in [6, 6.07) is 5.78. The van der Waals surface area contributed by atoms with Crippen LogP contribution in [0.15, 0.2) is 18.2 Å². The number of rotatable bonds is 2. The Kier molecular flexibility index (Phi) is 4.08. The SMILES string of the molecule is CC1CCC(C)N(c2c(F)cccc2CBr)C1. The lowest BCUT2D eigenvalue weighted by molar-refractivity contribution is 0.386. The fourth-order valence-electron chi connectivity index (χ4n) is 2.59. The van der Waals surface area contributed by atoms with Gasteiger partial charge in [-0.2, -0.15) is 0 Å². The van der Waals surface area contributed by atoms with E-state index in [1.165, 1.54) is 6.42 Å². The van der Waals surface area contributed by atoms with Crippen LogP contribution >= 0.6 is 15.9 Å². The Labute approximate surface area is 111 Å². The van der Waals surface area contributed by atoms with Crippen LogP contribution in [-0.2, 0) is 5.33 Å². The predicted octanol–water partition coefficient (Wildman–Crippen LogP) is 4.35. The van der Waals surface area contributed by atoms with E-state index in [-0.39, 0.29) is 5.82 Å². The summed E-state index contributed by atoms with van der Waals surface area (Å²) in [7, 11) is 0. The van der Waals surface area contributed by atoms with Crippen LogP contribution in [0.2, 0.25) is 0 Å². The lowest BCUT2D eigenvalue weighted by Gasteiger charge is -2.39. The molecule has 0 saturated carbocycles. The van der Waals surface area contributed by atoms with Crippen LogP contribution < -0.4 is 4.90 Å². The second-order valence-electron chi connectivity index (χ2n) is 5.07. The Morgan fingerprint density at radius 3 is 2.82 bits per heavy atom. The molecule has 1 aromatic rings. The molecule has 0 aliphatic carbocycles. The molecule has 1 fully saturated rings. The normalized spacial score (nSPS) is 25.1. The molecule has 0 aromatic heterocycles. The van der Waals surface area contributed by atoms with Crippen molar-refractivity contribution in [1.82, 2.24) is 0 Å². The van der Waals surface area contributed by atoms with Crippen molar-refractivity contribution in [3.05, 3.63) is 29.6 Å². The molecule has 2 rings (SSSR count). The van der Waals surface area contributed by atoms with E-state index in [0.717, 1.165) is 24.2 Å². The molecule has 1 aliphatic heterocycles. The second kappa shape index (κ2) is 5.38. The third-order valence-electron chi connectivity index (χ3n) is 3.62. The minimum absolute atomic E-state index is 0.0945. The summed E-state index contributed by atoms with van der Waals surface area (Å²) in [5.74, 6) is 0.553. The van der Waals surface area contributed by atoms with Crippen molar-refractivity contribution in [3.8, 4) is 0 Å². The molecule has 0 spiro atoms. The Morgan fingerprint density at radius 1 is 1.35 bits per heavy atom. The van der Waals surface area contributed by atoms with Crippen LogP contribution in [0.4, 0.5) is 10.1 Å². The van der Waals surface area contributed by atoms with E-state index in [0.29, 0.717) is 17.3 Å². The summed E-state index contributed by atoms with van der Waals surface area (Å²) >= 11 is 3.45. The average molecular weight is 300 g/mol. The highest BCUT2D eigenvalue weighted by atomic mass is 79.9. The van der Waals surface area contributed by atoms with Crippen molar-refractivity contribution in [2.45, 2.75) is 38.1 Å². The second-order valence-corrected chi connectivity index (χ2v) is 5.63. The minimum Gasteiger partial charge on any atom is -0.366 e. The van der Waals surface area contributed by atoms with E-state index in [1.807, 2.05) is 6.07 Å². The van der Waals surface area contributed by atoms with Crippen molar-refractivity contribution in [2.24, 2.45) is 5.92 Å². The molecular formula is C14H19BrFN. The van der Waals surface area contributed by atoms with Gasteiger partial charge < -0.3 is 4.90 Å². The average Bonchev–Trinajstić information content (AvgIpc) is 2.32. The van der Waals surface area contributed by atoms with Crippen LogP contribution in [0.25, 0.3) is 0 Å². The third kappa shape index (κ3) is 2.65. The Hall–Kier alpha value is -0.570. The molecule has 0 radical (unpaired) electrons. The van der Waals surface area contributed by atoms with Gasteiger partial charge in [0.2, 0.25) is 0 Å². The van der Waals surface area contributed by atoms with Gasteiger partial charge in [0.15, 0.2) is 0 Å². The Balaban J connectivity index is 2.37. The maximum Gasteiger partial charge on any atom is 0.146 e. The quantitative estimate of drug-likeness (QED) is 0.734. The van der Waals surface area contributed by atoms with Gasteiger partial charge in [0.25, 0.3) is 0 Å². The number of nitrogens with zero attached hydrogens (tertiary/aromatic N) is 1. The van der Waals surface area contributed by atoms with Gasteiger partial charge in [-0.3, -0.25) is 0 Å². The van der Waals surface area contributed by atoms with Gasteiger partial charge in [0, 0.05) is 17.9 Å². The molecular weight excluding hydrogens is 281 g/mol. The molecule has 17 heavy (non-hydrogen) atoms. The highest BCUT2D eigenvalue weighted by Crippen LogP contribution is 2.33. The van der Waals surface area contributed by atoms with E-state index >= 15 is 0 Å². The van der Waals surface area contributed by atoms with Crippen molar-refractivity contribution in [3.63, 3.8) is 0 Å². The molecule has 0 N–H and O–H groups in total. The van der Waals surface area contributed by atoms with Gasteiger partial charge in [-0.1, -0.05) is 35.0 Å². The first-order valence-electron chi connectivity index (χ1n) is 6.23. The molecule has 94 valence electrons.